The zero-order chi connectivity index (χ0) is 18.3. The van der Waals surface area contributed by atoms with Gasteiger partial charge in [0, 0.05) is 17.6 Å². The Morgan fingerprint density at radius 2 is 1.88 bits per heavy atom. The van der Waals surface area contributed by atoms with Crippen LogP contribution in [0, 0.1) is 11.8 Å². The monoisotopic (exact) mass is 336 g/mol. The first-order valence-electron chi connectivity index (χ1n) is 8.54. The Balaban J connectivity index is 2.91. The van der Waals surface area contributed by atoms with Crippen molar-refractivity contribution in [2.75, 3.05) is 20.3 Å². The van der Waals surface area contributed by atoms with Crippen LogP contribution >= 0.6 is 0 Å². The number of nitrogens with two attached hydrogens (primary N) is 1. The minimum Gasteiger partial charge on any atom is -0.493 e. The molecule has 3 N–H and O–H groups in total. The average molecular weight is 336 g/mol. The van der Waals surface area contributed by atoms with Crippen molar-refractivity contribution in [2.24, 2.45) is 17.6 Å². The summed E-state index contributed by atoms with van der Waals surface area (Å²) in [6.45, 7) is 11.4. The molecule has 1 aromatic rings. The standard InChI is InChI=1S/C19H32N2O3/c1-13(2)10-19(5,12-20)21-18(22)15-7-8-16(17(9-15)23-6)24-11-14(3)4/h7-9,13-14H,10-12,20H2,1-6H3,(H,21,22). The van der Waals surface area contributed by atoms with Gasteiger partial charge in [-0.15, -0.1) is 0 Å². The molecular weight excluding hydrogens is 304 g/mol. The van der Waals surface area contributed by atoms with Crippen molar-refractivity contribution in [3.63, 3.8) is 0 Å². The molecule has 136 valence electrons. The number of hydrogen-bond acceptors (Lipinski definition) is 4. The number of carbonyl (C=O) groups excluding carboxylic acids is 1. The SMILES string of the molecule is COc1cc(C(=O)NC(C)(CN)CC(C)C)ccc1OCC(C)C. The largest absolute Gasteiger partial charge is 0.493 e. The van der Waals surface area contributed by atoms with Crippen molar-refractivity contribution in [1.29, 1.82) is 0 Å². The highest BCUT2D eigenvalue weighted by molar-refractivity contribution is 5.95. The van der Waals surface area contributed by atoms with Gasteiger partial charge in [0.1, 0.15) is 0 Å². The minimum absolute atomic E-state index is 0.155. The summed E-state index contributed by atoms with van der Waals surface area (Å²) >= 11 is 0. The van der Waals surface area contributed by atoms with E-state index in [0.717, 1.165) is 6.42 Å². The molecular formula is C19H32N2O3. The summed E-state index contributed by atoms with van der Waals surface area (Å²) in [7, 11) is 1.57. The van der Waals surface area contributed by atoms with Gasteiger partial charge in [-0.1, -0.05) is 27.7 Å². The molecule has 5 heteroatoms. The third-order valence-corrected chi connectivity index (χ3v) is 3.72. The van der Waals surface area contributed by atoms with Gasteiger partial charge in [0.2, 0.25) is 0 Å². The number of carbonyl (C=O) groups is 1. The molecule has 0 fully saturated rings. The van der Waals surface area contributed by atoms with Crippen LogP contribution in [0.2, 0.25) is 0 Å². The van der Waals surface area contributed by atoms with Crippen LogP contribution in [0.15, 0.2) is 18.2 Å². The Hall–Kier alpha value is -1.75. The van der Waals surface area contributed by atoms with Crippen molar-refractivity contribution < 1.29 is 14.3 Å². The molecule has 1 amide bonds. The molecule has 1 atom stereocenters. The summed E-state index contributed by atoms with van der Waals surface area (Å²) < 4.78 is 11.1. The predicted octanol–water partition coefficient (Wildman–Crippen LogP) is 3.22. The average Bonchev–Trinajstić information content (AvgIpc) is 2.51. The molecule has 0 aliphatic rings. The molecule has 0 bridgehead atoms. The zero-order valence-corrected chi connectivity index (χ0v) is 15.8. The van der Waals surface area contributed by atoms with Crippen LogP contribution in [-0.4, -0.2) is 31.7 Å². The van der Waals surface area contributed by atoms with E-state index >= 15 is 0 Å². The van der Waals surface area contributed by atoms with E-state index in [0.29, 0.717) is 42.0 Å². The van der Waals surface area contributed by atoms with Gasteiger partial charge in [0.25, 0.3) is 5.91 Å². The molecule has 0 saturated heterocycles. The lowest BCUT2D eigenvalue weighted by Crippen LogP contribution is -2.52. The lowest BCUT2D eigenvalue weighted by Gasteiger charge is -2.31. The highest BCUT2D eigenvalue weighted by Crippen LogP contribution is 2.29. The van der Waals surface area contributed by atoms with Gasteiger partial charge in [0.05, 0.1) is 13.7 Å². The van der Waals surface area contributed by atoms with Crippen LogP contribution in [-0.2, 0) is 0 Å². The number of methoxy groups -OCH3 is 1. The molecule has 24 heavy (non-hydrogen) atoms. The number of hydrogen-bond donors (Lipinski definition) is 2. The van der Waals surface area contributed by atoms with Crippen LogP contribution in [0.25, 0.3) is 0 Å². The van der Waals surface area contributed by atoms with Crippen molar-refractivity contribution in [1.82, 2.24) is 5.32 Å². The fourth-order valence-corrected chi connectivity index (χ4v) is 2.62. The first-order valence-corrected chi connectivity index (χ1v) is 8.54. The van der Waals surface area contributed by atoms with Crippen molar-refractivity contribution in [3.05, 3.63) is 23.8 Å². The van der Waals surface area contributed by atoms with Crippen LogP contribution in [0.1, 0.15) is 51.4 Å². The molecule has 1 unspecified atom stereocenters. The summed E-state index contributed by atoms with van der Waals surface area (Å²) in [5.41, 5.74) is 5.98. The van der Waals surface area contributed by atoms with Crippen LogP contribution in [0.5, 0.6) is 11.5 Å². The van der Waals surface area contributed by atoms with Crippen LogP contribution in [0.4, 0.5) is 0 Å². The molecule has 0 aromatic heterocycles. The Morgan fingerprint density at radius 3 is 2.38 bits per heavy atom. The number of benzene rings is 1. The van der Waals surface area contributed by atoms with E-state index in [1.165, 1.54) is 0 Å². The number of ether oxygens (including phenoxy) is 2. The second kappa shape index (κ2) is 8.92. The molecule has 1 aromatic carbocycles. The maximum Gasteiger partial charge on any atom is 0.251 e. The van der Waals surface area contributed by atoms with E-state index in [4.69, 9.17) is 15.2 Å². The van der Waals surface area contributed by atoms with Gasteiger partial charge in [-0.2, -0.15) is 0 Å². The second-order valence-electron chi connectivity index (χ2n) is 7.39. The van der Waals surface area contributed by atoms with Gasteiger partial charge in [-0.05, 0) is 43.4 Å². The normalized spacial score (nSPS) is 13.7. The highest BCUT2D eigenvalue weighted by Gasteiger charge is 2.26. The van der Waals surface area contributed by atoms with Crippen molar-refractivity contribution in [3.8, 4) is 11.5 Å². The number of amides is 1. The van der Waals surface area contributed by atoms with Crippen LogP contribution in [0.3, 0.4) is 0 Å². The maximum atomic E-state index is 12.6. The maximum absolute atomic E-state index is 12.6. The van der Waals surface area contributed by atoms with E-state index in [2.05, 4.69) is 33.0 Å². The number of rotatable bonds is 9. The summed E-state index contributed by atoms with van der Waals surface area (Å²) in [4.78, 5) is 12.6. The second-order valence-corrected chi connectivity index (χ2v) is 7.39. The third kappa shape index (κ3) is 6.04. The molecule has 0 aliphatic heterocycles. The summed E-state index contributed by atoms with van der Waals surface area (Å²) in [6, 6.07) is 5.23. The van der Waals surface area contributed by atoms with Gasteiger partial charge in [-0.3, -0.25) is 4.79 Å². The molecule has 1 rings (SSSR count). The van der Waals surface area contributed by atoms with E-state index in [9.17, 15) is 4.79 Å². The minimum atomic E-state index is -0.425. The lowest BCUT2D eigenvalue weighted by molar-refractivity contribution is 0.0898. The molecule has 0 saturated carbocycles. The van der Waals surface area contributed by atoms with Gasteiger partial charge < -0.3 is 20.5 Å². The Kier molecular flexibility index (Phi) is 7.55. The van der Waals surface area contributed by atoms with E-state index in [1.807, 2.05) is 6.92 Å². The topological polar surface area (TPSA) is 73.6 Å². The predicted molar refractivity (Wildman–Crippen MR) is 97.7 cm³/mol. The highest BCUT2D eigenvalue weighted by atomic mass is 16.5. The van der Waals surface area contributed by atoms with E-state index in [-0.39, 0.29) is 5.91 Å². The van der Waals surface area contributed by atoms with Gasteiger partial charge in [-0.25, -0.2) is 0 Å². The lowest BCUT2D eigenvalue weighted by atomic mass is 9.90. The third-order valence-electron chi connectivity index (χ3n) is 3.72. The first-order chi connectivity index (χ1) is 11.2. The Bertz CT molecular complexity index is 543. The zero-order valence-electron chi connectivity index (χ0n) is 15.8. The molecule has 0 heterocycles. The number of nitrogens with one attached hydrogen (secondary N) is 1. The smallest absolute Gasteiger partial charge is 0.251 e. The first kappa shape index (κ1) is 20.3. The summed E-state index contributed by atoms with van der Waals surface area (Å²) in [5.74, 6) is 1.91. The van der Waals surface area contributed by atoms with Gasteiger partial charge >= 0.3 is 0 Å². The molecule has 0 aliphatic carbocycles. The van der Waals surface area contributed by atoms with Crippen LogP contribution < -0.4 is 20.5 Å². The van der Waals surface area contributed by atoms with E-state index < -0.39 is 5.54 Å². The van der Waals surface area contributed by atoms with Crippen molar-refractivity contribution in [2.45, 2.75) is 46.6 Å². The van der Waals surface area contributed by atoms with Crippen molar-refractivity contribution >= 4 is 5.91 Å². The van der Waals surface area contributed by atoms with Gasteiger partial charge in [0.15, 0.2) is 11.5 Å². The van der Waals surface area contributed by atoms with E-state index in [1.54, 1.807) is 25.3 Å². The summed E-state index contributed by atoms with van der Waals surface area (Å²) in [6.07, 6.45) is 0.821. The fraction of sp³-hybridized carbons (Fsp3) is 0.632. The molecule has 0 radical (unpaired) electrons. The fourth-order valence-electron chi connectivity index (χ4n) is 2.62. The molecule has 5 nitrogen and oxygen atoms in total. The quantitative estimate of drug-likeness (QED) is 0.726. The Labute approximate surface area is 145 Å². The Morgan fingerprint density at radius 1 is 1.21 bits per heavy atom. The summed E-state index contributed by atoms with van der Waals surface area (Å²) in [5, 5.41) is 3.05. The molecule has 0 spiro atoms.